The average molecular weight is 279 g/mol. The molecule has 0 amide bonds. The first-order chi connectivity index (χ1) is 8.72. The van der Waals surface area contributed by atoms with E-state index in [1.54, 1.807) is 15.9 Å². The van der Waals surface area contributed by atoms with Crippen LogP contribution in [0.1, 0.15) is 22.6 Å². The van der Waals surface area contributed by atoms with Crippen LogP contribution in [0.15, 0.2) is 21.6 Å². The SMILES string of the molecule is Cc1csc(=O)n1Cc1sccc1C#CCCO. The first-order valence-electron chi connectivity index (χ1n) is 5.53. The molecule has 0 aliphatic carbocycles. The van der Waals surface area contributed by atoms with E-state index in [0.717, 1.165) is 16.1 Å². The number of thiazole rings is 1. The maximum absolute atomic E-state index is 11.7. The third-order valence-electron chi connectivity index (χ3n) is 2.48. The van der Waals surface area contributed by atoms with Gasteiger partial charge >= 0.3 is 4.87 Å². The smallest absolute Gasteiger partial charge is 0.307 e. The van der Waals surface area contributed by atoms with Crippen LogP contribution < -0.4 is 4.87 Å². The van der Waals surface area contributed by atoms with Crippen molar-refractivity contribution < 1.29 is 5.11 Å². The van der Waals surface area contributed by atoms with Gasteiger partial charge < -0.3 is 5.11 Å². The van der Waals surface area contributed by atoms with Gasteiger partial charge in [0.1, 0.15) is 0 Å². The highest BCUT2D eigenvalue weighted by molar-refractivity contribution is 7.10. The van der Waals surface area contributed by atoms with Crippen LogP contribution in [0.2, 0.25) is 0 Å². The zero-order valence-corrected chi connectivity index (χ0v) is 11.6. The number of rotatable bonds is 3. The molecule has 94 valence electrons. The Hall–Kier alpha value is -1.35. The summed E-state index contributed by atoms with van der Waals surface area (Å²) in [5.41, 5.74) is 1.93. The van der Waals surface area contributed by atoms with Crippen molar-refractivity contribution in [2.24, 2.45) is 0 Å². The topological polar surface area (TPSA) is 42.2 Å². The molecule has 2 rings (SSSR count). The molecule has 1 N–H and O–H groups in total. The van der Waals surface area contributed by atoms with E-state index in [0.29, 0.717) is 13.0 Å². The molecule has 0 saturated carbocycles. The summed E-state index contributed by atoms with van der Waals surface area (Å²) in [4.78, 5) is 12.8. The number of aromatic nitrogens is 1. The van der Waals surface area contributed by atoms with E-state index in [4.69, 9.17) is 5.11 Å². The van der Waals surface area contributed by atoms with Gasteiger partial charge in [-0.15, -0.1) is 11.3 Å². The van der Waals surface area contributed by atoms with E-state index < -0.39 is 0 Å². The minimum atomic E-state index is 0.0650. The Bertz CT molecular complexity index is 640. The van der Waals surface area contributed by atoms with Crippen molar-refractivity contribution in [3.63, 3.8) is 0 Å². The molecule has 0 spiro atoms. The number of hydrogen-bond donors (Lipinski definition) is 1. The molecular weight excluding hydrogens is 266 g/mol. The van der Waals surface area contributed by atoms with Crippen molar-refractivity contribution in [1.29, 1.82) is 0 Å². The molecule has 0 fully saturated rings. The summed E-state index contributed by atoms with van der Waals surface area (Å²) in [6.07, 6.45) is 0.479. The molecule has 0 atom stereocenters. The van der Waals surface area contributed by atoms with E-state index >= 15 is 0 Å². The van der Waals surface area contributed by atoms with E-state index in [2.05, 4.69) is 11.8 Å². The molecule has 2 aromatic rings. The third kappa shape index (κ3) is 2.91. The molecular formula is C13H13NO2S2. The summed E-state index contributed by atoms with van der Waals surface area (Å²) >= 11 is 2.83. The summed E-state index contributed by atoms with van der Waals surface area (Å²) in [6, 6.07) is 1.96. The fraction of sp³-hybridized carbons (Fsp3) is 0.308. The lowest BCUT2D eigenvalue weighted by Crippen LogP contribution is -2.15. The molecule has 2 heterocycles. The molecule has 0 aromatic carbocycles. The van der Waals surface area contributed by atoms with Crippen LogP contribution in [0, 0.1) is 18.8 Å². The van der Waals surface area contributed by atoms with Crippen molar-refractivity contribution in [3.8, 4) is 11.8 Å². The highest BCUT2D eigenvalue weighted by Gasteiger charge is 2.07. The molecule has 0 aliphatic heterocycles. The number of aliphatic hydroxyl groups excluding tert-OH is 1. The fourth-order valence-electron chi connectivity index (χ4n) is 1.53. The third-order valence-corrected chi connectivity index (χ3v) is 4.27. The second-order valence-corrected chi connectivity index (χ2v) is 5.58. The van der Waals surface area contributed by atoms with E-state index in [1.165, 1.54) is 11.3 Å². The Morgan fingerprint density at radius 2 is 2.28 bits per heavy atom. The van der Waals surface area contributed by atoms with Gasteiger partial charge in [0, 0.05) is 27.9 Å². The van der Waals surface area contributed by atoms with Crippen LogP contribution >= 0.6 is 22.7 Å². The predicted molar refractivity (Wildman–Crippen MR) is 75.3 cm³/mol. The lowest BCUT2D eigenvalue weighted by molar-refractivity contribution is 0.305. The maximum atomic E-state index is 11.7. The minimum Gasteiger partial charge on any atom is -0.395 e. The Balaban J connectivity index is 2.24. The molecule has 0 unspecified atom stereocenters. The standard InChI is InChI=1S/C13H13NO2S2/c1-10-9-18-13(16)14(10)8-12-11(5-7-17-12)4-2-3-6-15/h5,7,9,15H,3,6,8H2,1H3. The van der Waals surface area contributed by atoms with E-state index in [1.807, 2.05) is 23.8 Å². The zero-order chi connectivity index (χ0) is 13.0. The van der Waals surface area contributed by atoms with Crippen LogP contribution in [0.5, 0.6) is 0 Å². The Kier molecular flexibility index (Phi) is 4.37. The van der Waals surface area contributed by atoms with Gasteiger partial charge in [0.25, 0.3) is 0 Å². The second-order valence-electron chi connectivity index (χ2n) is 3.76. The molecule has 0 radical (unpaired) electrons. The van der Waals surface area contributed by atoms with E-state index in [9.17, 15) is 4.79 Å². The van der Waals surface area contributed by atoms with Gasteiger partial charge in [0.15, 0.2) is 0 Å². The van der Waals surface area contributed by atoms with E-state index in [-0.39, 0.29) is 11.5 Å². The average Bonchev–Trinajstić information content (AvgIpc) is 2.92. The lowest BCUT2D eigenvalue weighted by atomic mass is 10.2. The lowest BCUT2D eigenvalue weighted by Gasteiger charge is -2.02. The summed E-state index contributed by atoms with van der Waals surface area (Å²) < 4.78 is 1.76. The summed E-state index contributed by atoms with van der Waals surface area (Å²) in [7, 11) is 0. The molecule has 2 aromatic heterocycles. The van der Waals surface area contributed by atoms with Gasteiger partial charge in [-0.25, -0.2) is 0 Å². The minimum absolute atomic E-state index is 0.0650. The first kappa shape index (κ1) is 13.1. The molecule has 18 heavy (non-hydrogen) atoms. The Morgan fingerprint density at radius 3 is 2.94 bits per heavy atom. The van der Waals surface area contributed by atoms with Crippen molar-refractivity contribution in [3.05, 3.63) is 42.6 Å². The number of aryl methyl sites for hydroxylation is 1. The number of hydrogen-bond acceptors (Lipinski definition) is 4. The molecule has 5 heteroatoms. The van der Waals surface area contributed by atoms with Gasteiger partial charge in [0.2, 0.25) is 0 Å². The number of nitrogens with zero attached hydrogens (tertiary/aromatic N) is 1. The summed E-state index contributed by atoms with van der Waals surface area (Å²) in [5.74, 6) is 5.94. The number of thiophene rings is 1. The Morgan fingerprint density at radius 1 is 1.44 bits per heavy atom. The van der Waals surface area contributed by atoms with Gasteiger partial charge in [-0.1, -0.05) is 23.2 Å². The second kappa shape index (κ2) is 6.01. The maximum Gasteiger partial charge on any atom is 0.307 e. The van der Waals surface area contributed by atoms with Gasteiger partial charge in [-0.2, -0.15) is 0 Å². The van der Waals surface area contributed by atoms with Gasteiger partial charge in [0.05, 0.1) is 13.2 Å². The summed E-state index contributed by atoms with van der Waals surface area (Å²) in [5, 5.41) is 12.5. The van der Waals surface area contributed by atoms with Crippen molar-refractivity contribution in [2.45, 2.75) is 19.9 Å². The fourth-order valence-corrected chi connectivity index (χ4v) is 3.08. The van der Waals surface area contributed by atoms with Crippen LogP contribution in [0.3, 0.4) is 0 Å². The van der Waals surface area contributed by atoms with Crippen LogP contribution in [-0.2, 0) is 6.54 Å². The highest BCUT2D eigenvalue weighted by Crippen LogP contribution is 2.17. The molecule has 0 bridgehead atoms. The van der Waals surface area contributed by atoms with Crippen molar-refractivity contribution >= 4 is 22.7 Å². The molecule has 3 nitrogen and oxygen atoms in total. The first-order valence-corrected chi connectivity index (χ1v) is 7.29. The normalized spacial score (nSPS) is 10.1. The zero-order valence-electron chi connectivity index (χ0n) is 9.97. The Labute approximate surface area is 113 Å². The number of aliphatic hydroxyl groups is 1. The summed E-state index contributed by atoms with van der Waals surface area (Å²) in [6.45, 7) is 2.59. The van der Waals surface area contributed by atoms with Crippen LogP contribution in [0.4, 0.5) is 0 Å². The van der Waals surface area contributed by atoms with Gasteiger partial charge in [-0.05, 0) is 18.4 Å². The monoisotopic (exact) mass is 279 g/mol. The molecule has 0 aliphatic rings. The predicted octanol–water partition coefficient (Wildman–Crippen LogP) is 2.06. The quantitative estimate of drug-likeness (QED) is 0.874. The van der Waals surface area contributed by atoms with Crippen molar-refractivity contribution in [2.75, 3.05) is 6.61 Å². The van der Waals surface area contributed by atoms with Crippen molar-refractivity contribution in [1.82, 2.24) is 4.57 Å². The van der Waals surface area contributed by atoms with Gasteiger partial charge in [-0.3, -0.25) is 9.36 Å². The van der Waals surface area contributed by atoms with Crippen LogP contribution in [0.25, 0.3) is 0 Å². The molecule has 0 saturated heterocycles. The highest BCUT2D eigenvalue weighted by atomic mass is 32.1. The largest absolute Gasteiger partial charge is 0.395 e. The van der Waals surface area contributed by atoms with Crippen LogP contribution in [-0.4, -0.2) is 16.3 Å².